The number of hydrogen-bond donors (Lipinski definition) is 0. The van der Waals surface area contributed by atoms with Crippen LogP contribution in [-0.2, 0) is 0 Å². The summed E-state index contributed by atoms with van der Waals surface area (Å²) in [5.74, 6) is 1.67. The van der Waals surface area contributed by atoms with E-state index < -0.39 is 0 Å². The molecule has 104 valence electrons. The predicted molar refractivity (Wildman–Crippen MR) is 80.8 cm³/mol. The molecule has 3 nitrogen and oxygen atoms in total. The van der Waals surface area contributed by atoms with Crippen molar-refractivity contribution in [3.63, 3.8) is 0 Å². The Bertz CT molecular complexity index is 681. The molecule has 2 aromatic rings. The molecule has 20 heavy (non-hydrogen) atoms. The molecule has 1 aromatic carbocycles. The monoisotopic (exact) mass is 287 g/mol. The van der Waals surface area contributed by atoms with Crippen LogP contribution >= 0.6 is 11.6 Å². The molecule has 1 heterocycles. The third-order valence-electron chi connectivity index (χ3n) is 4.23. The fraction of sp³-hybridized carbons (Fsp3) is 0.500. The lowest BCUT2D eigenvalue weighted by molar-refractivity contribution is 0.488. The van der Waals surface area contributed by atoms with Gasteiger partial charge in [-0.05, 0) is 50.3 Å². The van der Waals surface area contributed by atoms with Gasteiger partial charge in [0.1, 0.15) is 5.82 Å². The van der Waals surface area contributed by atoms with E-state index in [1.807, 2.05) is 25.1 Å². The normalized spacial score (nSPS) is 23.9. The van der Waals surface area contributed by atoms with Crippen molar-refractivity contribution in [2.75, 3.05) is 0 Å². The number of benzene rings is 1. The Hall–Kier alpha value is -1.53. The summed E-state index contributed by atoms with van der Waals surface area (Å²) in [4.78, 5) is 4.68. The summed E-state index contributed by atoms with van der Waals surface area (Å²) in [6.07, 6.45) is 3.58. The van der Waals surface area contributed by atoms with Gasteiger partial charge in [-0.2, -0.15) is 5.26 Å². The molecule has 1 aliphatic rings. The van der Waals surface area contributed by atoms with Crippen molar-refractivity contribution in [1.29, 1.82) is 5.26 Å². The van der Waals surface area contributed by atoms with Gasteiger partial charge in [-0.3, -0.25) is 0 Å². The topological polar surface area (TPSA) is 41.6 Å². The van der Waals surface area contributed by atoms with E-state index in [0.29, 0.717) is 11.6 Å². The molecule has 0 bridgehead atoms. The van der Waals surface area contributed by atoms with Crippen molar-refractivity contribution in [2.24, 2.45) is 5.92 Å². The zero-order chi connectivity index (χ0) is 14.3. The highest BCUT2D eigenvalue weighted by molar-refractivity contribution is 6.20. The van der Waals surface area contributed by atoms with E-state index in [1.165, 1.54) is 19.3 Å². The molecule has 4 heteroatoms. The maximum absolute atomic E-state index is 9.11. The molecule has 0 aliphatic heterocycles. The van der Waals surface area contributed by atoms with Gasteiger partial charge >= 0.3 is 0 Å². The fourth-order valence-electron chi connectivity index (χ4n) is 3.26. The summed E-state index contributed by atoms with van der Waals surface area (Å²) in [5.41, 5.74) is 2.66. The smallest absolute Gasteiger partial charge is 0.127 e. The molecule has 1 saturated carbocycles. The number of halogens is 1. The molecule has 3 unspecified atom stereocenters. The molecule has 0 radical (unpaired) electrons. The van der Waals surface area contributed by atoms with E-state index in [9.17, 15) is 0 Å². The lowest BCUT2D eigenvalue weighted by Crippen LogP contribution is -2.10. The Kier molecular flexibility index (Phi) is 3.43. The van der Waals surface area contributed by atoms with Gasteiger partial charge < -0.3 is 4.57 Å². The number of imidazole rings is 1. The Morgan fingerprint density at radius 3 is 2.85 bits per heavy atom. The van der Waals surface area contributed by atoms with Crippen molar-refractivity contribution in [1.82, 2.24) is 9.55 Å². The van der Waals surface area contributed by atoms with Crippen molar-refractivity contribution >= 4 is 22.6 Å². The van der Waals surface area contributed by atoms with Crippen molar-refractivity contribution in [2.45, 2.75) is 44.5 Å². The first-order valence-electron chi connectivity index (χ1n) is 7.16. The second-order valence-corrected chi connectivity index (χ2v) is 6.50. The lowest BCUT2D eigenvalue weighted by atomic mass is 10.1. The van der Waals surface area contributed by atoms with Crippen molar-refractivity contribution in [3.8, 4) is 6.07 Å². The van der Waals surface area contributed by atoms with Gasteiger partial charge in [0.15, 0.2) is 0 Å². The quantitative estimate of drug-likeness (QED) is 0.759. The van der Waals surface area contributed by atoms with Crippen LogP contribution in [0.2, 0.25) is 0 Å². The van der Waals surface area contributed by atoms with E-state index in [4.69, 9.17) is 16.9 Å². The molecule has 0 saturated heterocycles. The molecule has 3 atom stereocenters. The van der Waals surface area contributed by atoms with Gasteiger partial charge in [0.2, 0.25) is 0 Å². The second kappa shape index (κ2) is 5.10. The summed E-state index contributed by atoms with van der Waals surface area (Å²) in [6.45, 7) is 4.26. The Morgan fingerprint density at radius 1 is 1.45 bits per heavy atom. The summed E-state index contributed by atoms with van der Waals surface area (Å²) in [6, 6.07) is 8.35. The SMILES string of the molecule is CC1CCC(n2c(C(C)Cl)nc3ccc(C#N)cc32)C1. The van der Waals surface area contributed by atoms with Crippen LogP contribution < -0.4 is 0 Å². The van der Waals surface area contributed by atoms with Gasteiger partial charge in [0, 0.05) is 6.04 Å². The summed E-state index contributed by atoms with van der Waals surface area (Å²) >= 11 is 6.32. The van der Waals surface area contributed by atoms with Crippen molar-refractivity contribution in [3.05, 3.63) is 29.6 Å². The van der Waals surface area contributed by atoms with Gasteiger partial charge in [-0.25, -0.2) is 4.98 Å². The first kappa shape index (κ1) is 13.5. The second-order valence-electron chi connectivity index (χ2n) is 5.84. The predicted octanol–water partition coefficient (Wildman–Crippen LogP) is 4.57. The minimum atomic E-state index is -0.121. The van der Waals surface area contributed by atoms with Gasteiger partial charge in [-0.15, -0.1) is 11.6 Å². The molecular formula is C16H18ClN3. The molecule has 0 amide bonds. The lowest BCUT2D eigenvalue weighted by Gasteiger charge is -2.18. The van der Waals surface area contributed by atoms with E-state index in [2.05, 4.69) is 22.5 Å². The maximum atomic E-state index is 9.11. The van der Waals surface area contributed by atoms with Gasteiger partial charge in [-0.1, -0.05) is 6.92 Å². The zero-order valence-electron chi connectivity index (χ0n) is 11.8. The molecular weight excluding hydrogens is 270 g/mol. The summed E-state index contributed by atoms with van der Waals surface area (Å²) in [7, 11) is 0. The van der Waals surface area contributed by atoms with Crippen LogP contribution in [0.25, 0.3) is 11.0 Å². The first-order valence-corrected chi connectivity index (χ1v) is 7.60. The number of hydrogen-bond acceptors (Lipinski definition) is 2. The Labute approximate surface area is 124 Å². The first-order chi connectivity index (χ1) is 9.60. The highest BCUT2D eigenvalue weighted by Crippen LogP contribution is 2.39. The molecule has 1 aliphatic carbocycles. The molecule has 1 fully saturated rings. The number of aromatic nitrogens is 2. The number of rotatable bonds is 2. The number of alkyl halides is 1. The van der Waals surface area contributed by atoms with E-state index >= 15 is 0 Å². The van der Waals surface area contributed by atoms with E-state index in [0.717, 1.165) is 22.8 Å². The van der Waals surface area contributed by atoms with Crippen LogP contribution in [-0.4, -0.2) is 9.55 Å². The minimum Gasteiger partial charge on any atom is -0.324 e. The third-order valence-corrected chi connectivity index (χ3v) is 4.43. The molecule has 0 N–H and O–H groups in total. The maximum Gasteiger partial charge on any atom is 0.127 e. The minimum absolute atomic E-state index is 0.121. The highest BCUT2D eigenvalue weighted by Gasteiger charge is 2.27. The molecule has 1 aromatic heterocycles. The van der Waals surface area contributed by atoms with Crippen LogP contribution in [0.15, 0.2) is 18.2 Å². The number of nitriles is 1. The molecule has 0 spiro atoms. The largest absolute Gasteiger partial charge is 0.324 e. The van der Waals surface area contributed by atoms with Crippen LogP contribution in [0.4, 0.5) is 0 Å². The third kappa shape index (κ3) is 2.19. The molecule has 3 rings (SSSR count). The summed E-state index contributed by atoms with van der Waals surface area (Å²) < 4.78 is 2.28. The highest BCUT2D eigenvalue weighted by atomic mass is 35.5. The van der Waals surface area contributed by atoms with Gasteiger partial charge in [0.05, 0.1) is 28.0 Å². The number of fused-ring (bicyclic) bond motifs is 1. The standard InChI is InChI=1S/C16H18ClN3/c1-10-3-5-13(7-10)20-15-8-12(9-18)4-6-14(15)19-16(20)11(2)17/h4,6,8,10-11,13H,3,5,7H2,1-2H3. The Morgan fingerprint density at radius 2 is 2.25 bits per heavy atom. The van der Waals surface area contributed by atoms with E-state index in [-0.39, 0.29) is 5.38 Å². The number of nitrogens with zero attached hydrogens (tertiary/aromatic N) is 3. The van der Waals surface area contributed by atoms with Crippen LogP contribution in [0.5, 0.6) is 0 Å². The average molecular weight is 288 g/mol. The van der Waals surface area contributed by atoms with Crippen molar-refractivity contribution < 1.29 is 0 Å². The zero-order valence-corrected chi connectivity index (χ0v) is 12.6. The summed E-state index contributed by atoms with van der Waals surface area (Å²) in [5, 5.41) is 8.98. The Balaban J connectivity index is 2.20. The van der Waals surface area contributed by atoms with Crippen LogP contribution in [0.3, 0.4) is 0 Å². The van der Waals surface area contributed by atoms with E-state index in [1.54, 1.807) is 0 Å². The van der Waals surface area contributed by atoms with Crippen LogP contribution in [0.1, 0.15) is 55.9 Å². The van der Waals surface area contributed by atoms with Crippen LogP contribution in [0, 0.1) is 17.2 Å². The fourth-order valence-corrected chi connectivity index (χ4v) is 3.41. The van der Waals surface area contributed by atoms with Gasteiger partial charge in [0.25, 0.3) is 0 Å². The average Bonchev–Trinajstić information content (AvgIpc) is 3.00.